The van der Waals surface area contributed by atoms with Crippen molar-refractivity contribution < 1.29 is 14.1 Å². The second-order valence-electron chi connectivity index (χ2n) is 3.59. The van der Waals surface area contributed by atoms with Crippen LogP contribution in [0.15, 0.2) is 5.16 Å². The predicted molar refractivity (Wildman–Crippen MR) is 49.2 cm³/mol. The molecule has 0 heterocycles. The van der Waals surface area contributed by atoms with E-state index in [-0.39, 0.29) is 0 Å². The number of nitrogens with zero attached hydrogens (tertiary/aromatic N) is 2. The molecule has 0 aromatic heterocycles. The Hall–Kier alpha value is -0.610. The summed E-state index contributed by atoms with van der Waals surface area (Å²) in [5.74, 6) is 0. The summed E-state index contributed by atoms with van der Waals surface area (Å²) in [5, 5.41) is 3.70. The Morgan fingerprint density at radius 2 is 2.00 bits per heavy atom. The van der Waals surface area contributed by atoms with Gasteiger partial charge in [-0.15, -0.1) is 0 Å². The Morgan fingerprint density at radius 1 is 1.33 bits per heavy atom. The molecule has 0 aliphatic rings. The Kier molecular flexibility index (Phi) is 5.66. The molecule has 0 saturated carbocycles. The van der Waals surface area contributed by atoms with Gasteiger partial charge < -0.3 is 14.1 Å². The molecule has 4 nitrogen and oxygen atoms in total. The largest absolute Gasteiger partial charge is 0.390 e. The molecule has 0 fully saturated rings. The van der Waals surface area contributed by atoms with Crippen LogP contribution in [0.4, 0.5) is 0 Å². The SMILES string of the molecule is COC/C=N\OCC[N+](C)(C)C. The highest BCUT2D eigenvalue weighted by Gasteiger charge is 2.05. The lowest BCUT2D eigenvalue weighted by atomic mass is 10.5. The smallest absolute Gasteiger partial charge is 0.165 e. The average Bonchev–Trinajstić information content (AvgIpc) is 1.94. The first-order valence-corrected chi connectivity index (χ1v) is 3.99. The summed E-state index contributed by atoms with van der Waals surface area (Å²) in [4.78, 5) is 4.99. The highest BCUT2D eigenvalue weighted by molar-refractivity contribution is 5.57. The van der Waals surface area contributed by atoms with Crippen LogP contribution in [-0.4, -0.2) is 58.7 Å². The van der Waals surface area contributed by atoms with Crippen molar-refractivity contribution in [2.75, 3.05) is 48.0 Å². The van der Waals surface area contributed by atoms with Crippen LogP contribution < -0.4 is 0 Å². The monoisotopic (exact) mass is 175 g/mol. The molecule has 4 heteroatoms. The molecule has 0 aliphatic heterocycles. The lowest BCUT2D eigenvalue weighted by Crippen LogP contribution is -2.37. The van der Waals surface area contributed by atoms with Crippen molar-refractivity contribution in [2.24, 2.45) is 5.16 Å². The Balaban J connectivity index is 3.21. The summed E-state index contributed by atoms with van der Waals surface area (Å²) in [6.45, 7) is 2.10. The fourth-order valence-electron chi connectivity index (χ4n) is 0.525. The normalized spacial score (nSPS) is 12.3. The first-order valence-electron chi connectivity index (χ1n) is 3.99. The van der Waals surface area contributed by atoms with E-state index in [0.29, 0.717) is 13.2 Å². The van der Waals surface area contributed by atoms with Crippen molar-refractivity contribution in [3.05, 3.63) is 0 Å². The number of rotatable bonds is 6. The van der Waals surface area contributed by atoms with Gasteiger partial charge in [0.25, 0.3) is 0 Å². The van der Waals surface area contributed by atoms with E-state index in [1.807, 2.05) is 0 Å². The van der Waals surface area contributed by atoms with Crippen molar-refractivity contribution in [2.45, 2.75) is 0 Å². The Labute approximate surface area is 74.3 Å². The van der Waals surface area contributed by atoms with E-state index in [1.54, 1.807) is 13.3 Å². The highest BCUT2D eigenvalue weighted by Crippen LogP contribution is 1.88. The lowest BCUT2D eigenvalue weighted by Gasteiger charge is -2.22. The molecule has 0 rings (SSSR count). The van der Waals surface area contributed by atoms with Crippen LogP contribution in [0.25, 0.3) is 0 Å². The molecule has 0 aromatic rings. The molecule has 0 atom stereocenters. The number of likely N-dealkylation sites (N-methyl/N-ethyl adjacent to an activating group) is 1. The fraction of sp³-hybridized carbons (Fsp3) is 0.875. The van der Waals surface area contributed by atoms with E-state index in [9.17, 15) is 0 Å². The first kappa shape index (κ1) is 11.4. The summed E-state index contributed by atoms with van der Waals surface area (Å²) >= 11 is 0. The summed E-state index contributed by atoms with van der Waals surface area (Å²) in [6, 6.07) is 0. The van der Waals surface area contributed by atoms with Crippen molar-refractivity contribution in [1.29, 1.82) is 0 Å². The number of ether oxygens (including phenoxy) is 1. The molecular formula is C8H19N2O2+. The summed E-state index contributed by atoms with van der Waals surface area (Å²) in [6.07, 6.45) is 1.61. The van der Waals surface area contributed by atoms with E-state index >= 15 is 0 Å². The van der Waals surface area contributed by atoms with Gasteiger partial charge in [0.1, 0.15) is 6.54 Å². The van der Waals surface area contributed by atoms with Crippen LogP contribution in [0, 0.1) is 0 Å². The standard InChI is InChI=1S/C8H19N2O2/c1-10(2,3)6-8-12-9-5-7-11-4/h5H,6-8H2,1-4H3/q+1/b9-5-. The van der Waals surface area contributed by atoms with Crippen LogP contribution in [0.2, 0.25) is 0 Å². The number of quaternary nitrogens is 1. The van der Waals surface area contributed by atoms with Gasteiger partial charge in [-0.1, -0.05) is 5.16 Å². The molecule has 0 aliphatic carbocycles. The molecule has 0 amide bonds. The minimum absolute atomic E-state index is 0.504. The van der Waals surface area contributed by atoms with Crippen molar-refractivity contribution >= 4 is 6.21 Å². The highest BCUT2D eigenvalue weighted by atomic mass is 16.6. The summed E-state index contributed by atoms with van der Waals surface area (Å²) in [5.41, 5.74) is 0. The topological polar surface area (TPSA) is 30.8 Å². The molecule has 0 unspecified atom stereocenters. The van der Waals surface area contributed by atoms with E-state index < -0.39 is 0 Å². The molecule has 0 saturated heterocycles. The van der Waals surface area contributed by atoms with Gasteiger partial charge in [0, 0.05) is 7.11 Å². The van der Waals surface area contributed by atoms with Gasteiger partial charge in [-0.3, -0.25) is 0 Å². The first-order chi connectivity index (χ1) is 5.56. The zero-order valence-electron chi connectivity index (χ0n) is 8.41. The van der Waals surface area contributed by atoms with E-state index in [2.05, 4.69) is 26.3 Å². The van der Waals surface area contributed by atoms with Crippen LogP contribution in [-0.2, 0) is 9.57 Å². The van der Waals surface area contributed by atoms with E-state index in [0.717, 1.165) is 11.0 Å². The molecule has 0 radical (unpaired) electrons. The zero-order chi connectivity index (χ0) is 9.45. The number of hydrogen-bond acceptors (Lipinski definition) is 3. The molecule has 0 aromatic carbocycles. The van der Waals surface area contributed by atoms with Crippen LogP contribution in [0.3, 0.4) is 0 Å². The average molecular weight is 175 g/mol. The van der Waals surface area contributed by atoms with E-state index in [4.69, 9.17) is 9.57 Å². The Bertz CT molecular complexity index is 130. The molecule has 0 spiro atoms. The van der Waals surface area contributed by atoms with Crippen LogP contribution in [0.5, 0.6) is 0 Å². The van der Waals surface area contributed by atoms with Crippen molar-refractivity contribution in [1.82, 2.24) is 0 Å². The predicted octanol–water partition coefficient (Wildman–Crippen LogP) is 0.341. The maximum absolute atomic E-state index is 4.99. The third-order valence-corrected chi connectivity index (χ3v) is 1.24. The summed E-state index contributed by atoms with van der Waals surface area (Å²) < 4.78 is 5.64. The zero-order valence-corrected chi connectivity index (χ0v) is 8.41. The fourth-order valence-corrected chi connectivity index (χ4v) is 0.525. The maximum atomic E-state index is 4.99. The number of oxime groups is 1. The van der Waals surface area contributed by atoms with Gasteiger partial charge in [-0.2, -0.15) is 0 Å². The number of hydrogen-bond donors (Lipinski definition) is 0. The second kappa shape index (κ2) is 5.97. The molecule has 72 valence electrons. The molecular weight excluding hydrogens is 156 g/mol. The third-order valence-electron chi connectivity index (χ3n) is 1.24. The van der Waals surface area contributed by atoms with Gasteiger partial charge in [0.15, 0.2) is 6.61 Å². The molecule has 0 N–H and O–H groups in total. The number of methoxy groups -OCH3 is 1. The van der Waals surface area contributed by atoms with Crippen LogP contribution in [0.1, 0.15) is 0 Å². The Morgan fingerprint density at radius 3 is 2.50 bits per heavy atom. The third kappa shape index (κ3) is 9.39. The molecule has 0 bridgehead atoms. The van der Waals surface area contributed by atoms with Gasteiger partial charge in [-0.05, 0) is 0 Å². The van der Waals surface area contributed by atoms with Crippen molar-refractivity contribution in [3.8, 4) is 0 Å². The van der Waals surface area contributed by atoms with Crippen LogP contribution >= 0.6 is 0 Å². The van der Waals surface area contributed by atoms with Crippen molar-refractivity contribution in [3.63, 3.8) is 0 Å². The second-order valence-corrected chi connectivity index (χ2v) is 3.59. The van der Waals surface area contributed by atoms with Gasteiger partial charge in [-0.25, -0.2) is 0 Å². The summed E-state index contributed by atoms with van der Waals surface area (Å²) in [7, 11) is 7.96. The minimum atomic E-state index is 0.504. The quantitative estimate of drug-likeness (QED) is 0.252. The molecule has 12 heavy (non-hydrogen) atoms. The maximum Gasteiger partial charge on any atom is 0.165 e. The lowest BCUT2D eigenvalue weighted by molar-refractivity contribution is -0.870. The minimum Gasteiger partial charge on any atom is -0.390 e. The van der Waals surface area contributed by atoms with Gasteiger partial charge in [0.2, 0.25) is 0 Å². The van der Waals surface area contributed by atoms with Gasteiger partial charge >= 0.3 is 0 Å². The van der Waals surface area contributed by atoms with Gasteiger partial charge in [0.05, 0.1) is 34.0 Å². The van der Waals surface area contributed by atoms with E-state index in [1.165, 1.54) is 0 Å².